The fourth-order valence-corrected chi connectivity index (χ4v) is 3.00. The molecule has 0 unspecified atom stereocenters. The number of hydrogen-bond acceptors (Lipinski definition) is 6. The normalized spacial score (nSPS) is 22.5. The van der Waals surface area contributed by atoms with Gasteiger partial charge in [-0.2, -0.15) is 0 Å². The summed E-state index contributed by atoms with van der Waals surface area (Å²) < 4.78 is 4.98. The van der Waals surface area contributed by atoms with Gasteiger partial charge in [-0.15, -0.1) is 0 Å². The lowest BCUT2D eigenvalue weighted by Gasteiger charge is -2.38. The van der Waals surface area contributed by atoms with Gasteiger partial charge in [-0.25, -0.2) is 0 Å². The first-order valence-corrected chi connectivity index (χ1v) is 10.3. The van der Waals surface area contributed by atoms with Gasteiger partial charge >= 0.3 is 5.97 Å². The molecule has 1 rings (SSSR count). The van der Waals surface area contributed by atoms with Crippen LogP contribution in [-0.2, 0) is 23.9 Å². The van der Waals surface area contributed by atoms with Crippen LogP contribution in [0.25, 0.3) is 0 Å². The number of carbonyl (C=O) groups excluding carboxylic acids is 4. The number of nitrogens with zero attached hydrogens (tertiary/aromatic N) is 1. The Kier molecular flexibility index (Phi) is 10.1. The molecule has 3 amide bonds. The summed E-state index contributed by atoms with van der Waals surface area (Å²) in [6.45, 7) is 7.36. The van der Waals surface area contributed by atoms with Crippen molar-refractivity contribution >= 4 is 23.7 Å². The number of esters is 1. The van der Waals surface area contributed by atoms with Crippen LogP contribution in [0.1, 0.15) is 59.8 Å². The number of aliphatic hydroxyl groups is 1. The van der Waals surface area contributed by atoms with Crippen molar-refractivity contribution in [3.05, 3.63) is 0 Å². The van der Waals surface area contributed by atoms with E-state index in [0.29, 0.717) is 19.4 Å². The van der Waals surface area contributed by atoms with Gasteiger partial charge in [0.1, 0.15) is 18.2 Å². The predicted octanol–water partition coefficient (Wildman–Crippen LogP) is 0.347. The van der Waals surface area contributed by atoms with Crippen molar-refractivity contribution < 1.29 is 29.0 Å². The maximum Gasteiger partial charge on any atom is 0.306 e. The fourth-order valence-electron chi connectivity index (χ4n) is 3.00. The Labute approximate surface area is 172 Å². The zero-order valence-electron chi connectivity index (χ0n) is 18.1. The molecular weight excluding hydrogens is 378 g/mol. The van der Waals surface area contributed by atoms with Gasteiger partial charge in [-0.3, -0.25) is 19.2 Å². The molecule has 0 aliphatic carbocycles. The van der Waals surface area contributed by atoms with Crippen LogP contribution >= 0.6 is 0 Å². The van der Waals surface area contributed by atoms with Crippen molar-refractivity contribution in [2.45, 2.75) is 84.1 Å². The van der Waals surface area contributed by atoms with E-state index >= 15 is 0 Å². The Bertz CT molecular complexity index is 595. The summed E-state index contributed by atoms with van der Waals surface area (Å²) in [6.07, 6.45) is 0.301. The molecule has 3 N–H and O–H groups in total. The maximum atomic E-state index is 12.5. The number of carbonyl (C=O) groups is 4. The minimum absolute atomic E-state index is 0.00967. The first kappa shape index (κ1) is 24.9. The van der Waals surface area contributed by atoms with Gasteiger partial charge in [0.15, 0.2) is 0 Å². The molecule has 1 heterocycles. The third kappa shape index (κ3) is 7.64. The fraction of sp³-hybridized carbons (Fsp3) is 0.800. The molecule has 0 saturated carbocycles. The van der Waals surface area contributed by atoms with Crippen molar-refractivity contribution in [3.8, 4) is 0 Å². The van der Waals surface area contributed by atoms with E-state index in [2.05, 4.69) is 10.6 Å². The van der Waals surface area contributed by atoms with Crippen molar-refractivity contribution in [2.75, 3.05) is 13.6 Å². The van der Waals surface area contributed by atoms with Crippen LogP contribution in [0, 0.1) is 5.92 Å². The number of ether oxygens (including phenoxy) is 1. The lowest BCUT2D eigenvalue weighted by atomic mass is 9.93. The Morgan fingerprint density at radius 1 is 1.24 bits per heavy atom. The SMILES string of the molecule is CC[C@@H](C)[C@@H]1NC(=O)[C@H](CCCNC(=O)CCC(=O)O[C@@H](C)[C@@H](C)O)N(C)C1=O. The molecule has 29 heavy (non-hydrogen) atoms. The van der Waals surface area contributed by atoms with Crippen LogP contribution in [0.2, 0.25) is 0 Å². The highest BCUT2D eigenvalue weighted by atomic mass is 16.6. The molecule has 1 fully saturated rings. The Hall–Kier alpha value is -2.16. The summed E-state index contributed by atoms with van der Waals surface area (Å²) in [7, 11) is 1.64. The van der Waals surface area contributed by atoms with E-state index in [1.807, 2.05) is 13.8 Å². The van der Waals surface area contributed by atoms with Gasteiger partial charge in [0.05, 0.1) is 12.5 Å². The van der Waals surface area contributed by atoms with Crippen LogP contribution in [0.3, 0.4) is 0 Å². The lowest BCUT2D eigenvalue weighted by Crippen LogP contribution is -2.63. The number of likely N-dealkylation sites (N-methyl/N-ethyl adjacent to an activating group) is 1. The highest BCUT2D eigenvalue weighted by molar-refractivity contribution is 5.96. The van der Waals surface area contributed by atoms with E-state index in [-0.39, 0.29) is 36.5 Å². The van der Waals surface area contributed by atoms with E-state index in [0.717, 1.165) is 6.42 Å². The third-order valence-electron chi connectivity index (χ3n) is 5.42. The molecule has 1 aliphatic heterocycles. The topological polar surface area (TPSA) is 125 Å². The van der Waals surface area contributed by atoms with Crippen molar-refractivity contribution in [1.29, 1.82) is 0 Å². The Balaban J connectivity index is 2.32. The van der Waals surface area contributed by atoms with Crippen molar-refractivity contribution in [3.63, 3.8) is 0 Å². The minimum Gasteiger partial charge on any atom is -0.460 e. The van der Waals surface area contributed by atoms with Gasteiger partial charge in [-0.05, 0) is 32.6 Å². The predicted molar refractivity (Wildman–Crippen MR) is 107 cm³/mol. The molecule has 0 aromatic rings. The van der Waals surface area contributed by atoms with Crippen LogP contribution in [-0.4, -0.2) is 71.6 Å². The van der Waals surface area contributed by atoms with Crippen LogP contribution in [0.5, 0.6) is 0 Å². The van der Waals surface area contributed by atoms with Crippen molar-refractivity contribution in [1.82, 2.24) is 15.5 Å². The zero-order valence-corrected chi connectivity index (χ0v) is 18.1. The van der Waals surface area contributed by atoms with Gasteiger partial charge in [0, 0.05) is 20.0 Å². The lowest BCUT2D eigenvalue weighted by molar-refractivity contribution is -0.154. The van der Waals surface area contributed by atoms with E-state index in [1.165, 1.54) is 11.8 Å². The number of aliphatic hydroxyl groups excluding tert-OH is 1. The van der Waals surface area contributed by atoms with Gasteiger partial charge < -0.3 is 25.4 Å². The van der Waals surface area contributed by atoms with Crippen molar-refractivity contribution in [2.24, 2.45) is 5.92 Å². The highest BCUT2D eigenvalue weighted by Gasteiger charge is 2.39. The summed E-state index contributed by atoms with van der Waals surface area (Å²) in [5.41, 5.74) is 0. The van der Waals surface area contributed by atoms with Gasteiger partial charge in [-0.1, -0.05) is 20.3 Å². The Morgan fingerprint density at radius 3 is 2.48 bits per heavy atom. The smallest absolute Gasteiger partial charge is 0.306 e. The molecule has 9 heteroatoms. The largest absolute Gasteiger partial charge is 0.460 e. The van der Waals surface area contributed by atoms with E-state index in [4.69, 9.17) is 4.74 Å². The molecule has 0 bridgehead atoms. The first-order chi connectivity index (χ1) is 13.6. The standard InChI is InChI=1S/C20H35N3O6/c1-6-12(2)18-20(28)23(5)15(19(27)22-18)8-7-11-21-16(25)9-10-17(26)29-14(4)13(3)24/h12-15,18,24H,6-11H2,1-5H3,(H,21,25)(H,22,27)/t12-,13-,14+,15+,18+/m1/s1. The van der Waals surface area contributed by atoms with Gasteiger partial charge in [0.25, 0.3) is 0 Å². The van der Waals surface area contributed by atoms with E-state index in [1.54, 1.807) is 14.0 Å². The quantitative estimate of drug-likeness (QED) is 0.331. The number of hydrogen-bond donors (Lipinski definition) is 3. The first-order valence-electron chi connectivity index (χ1n) is 10.3. The number of rotatable bonds is 11. The molecular formula is C20H35N3O6. The molecule has 1 saturated heterocycles. The van der Waals surface area contributed by atoms with Crippen LogP contribution < -0.4 is 10.6 Å². The monoisotopic (exact) mass is 413 g/mol. The zero-order chi connectivity index (χ0) is 22.1. The van der Waals surface area contributed by atoms with Gasteiger partial charge in [0.2, 0.25) is 17.7 Å². The molecule has 166 valence electrons. The Morgan fingerprint density at radius 2 is 1.90 bits per heavy atom. The summed E-state index contributed by atoms with van der Waals surface area (Å²) in [4.78, 5) is 49.8. The molecule has 0 radical (unpaired) electrons. The number of piperazine rings is 1. The molecule has 1 aliphatic rings. The van der Waals surface area contributed by atoms with Crippen LogP contribution in [0.15, 0.2) is 0 Å². The minimum atomic E-state index is -0.768. The molecule has 5 atom stereocenters. The highest BCUT2D eigenvalue weighted by Crippen LogP contribution is 2.18. The average Bonchev–Trinajstić information content (AvgIpc) is 2.67. The number of nitrogens with one attached hydrogen (secondary N) is 2. The second kappa shape index (κ2) is 11.7. The third-order valence-corrected chi connectivity index (χ3v) is 5.42. The second-order valence-corrected chi connectivity index (χ2v) is 7.76. The average molecular weight is 414 g/mol. The molecule has 9 nitrogen and oxygen atoms in total. The summed E-state index contributed by atoms with van der Waals surface area (Å²) in [6, 6.07) is -1.03. The summed E-state index contributed by atoms with van der Waals surface area (Å²) >= 11 is 0. The van der Waals surface area contributed by atoms with E-state index in [9.17, 15) is 24.3 Å². The molecule has 0 spiro atoms. The summed E-state index contributed by atoms with van der Waals surface area (Å²) in [5.74, 6) is -1.01. The molecule has 0 aromatic carbocycles. The van der Waals surface area contributed by atoms with E-state index < -0.39 is 30.3 Å². The molecule has 0 aromatic heterocycles. The maximum absolute atomic E-state index is 12.5. The second-order valence-electron chi connectivity index (χ2n) is 7.76. The summed E-state index contributed by atoms with van der Waals surface area (Å²) in [5, 5.41) is 14.8. The van der Waals surface area contributed by atoms with Crippen LogP contribution in [0.4, 0.5) is 0 Å². The number of amides is 3.